The van der Waals surface area contributed by atoms with Crippen molar-refractivity contribution in [2.45, 2.75) is 15.6 Å². The molecule has 0 unspecified atom stereocenters. The predicted molar refractivity (Wildman–Crippen MR) is 147 cm³/mol. The molecule has 0 bridgehead atoms. The van der Waals surface area contributed by atoms with Crippen LogP contribution in [0.25, 0.3) is 10.1 Å². The van der Waals surface area contributed by atoms with E-state index in [1.54, 1.807) is 0 Å². The van der Waals surface area contributed by atoms with Gasteiger partial charge in [-0.05, 0) is 11.6 Å². The summed E-state index contributed by atoms with van der Waals surface area (Å²) in [7, 11) is 1.22. The number of carboxylic acids is 1. The standard InChI is InChI=1S/C22H18N6O8S4.Na/c1-36-26-14(17-25-22(23)40-27-17)18(32)24-15-19(33)28-16(21(34)35)7(6-38-20(15)28)5-37-13-4-9(29)8-2-10(30)11(31)3-12(8)39-13;/h2-4,15,20,30-31H,5-6H2,1H3,(H,24,32)(H,34,35)(H2,23,25,27);/q;+1/p-1/b26-14-;/t15-,20-;/m1./s1. The number of aliphatic carboxylic acids is 1. The SMILES string of the molecule is CO/N=C(\C(=O)N[C@@H]1C(=O)N2C(C(=O)[O-])=C(CSc3cc(=O)c4cc(O)c(O)cc4s3)CS[C@H]12)c1nsc(N)n1.[Na+]. The van der Waals surface area contributed by atoms with Crippen molar-refractivity contribution in [1.82, 2.24) is 19.6 Å². The third-order valence-electron chi connectivity index (χ3n) is 5.77. The van der Waals surface area contributed by atoms with E-state index in [2.05, 4.69) is 19.8 Å². The first-order valence-electron chi connectivity index (χ1n) is 11.1. The van der Waals surface area contributed by atoms with Crippen molar-refractivity contribution in [2.24, 2.45) is 5.16 Å². The van der Waals surface area contributed by atoms with Crippen LogP contribution in [0.2, 0.25) is 0 Å². The van der Waals surface area contributed by atoms with Crippen molar-refractivity contribution in [1.29, 1.82) is 0 Å². The normalized spacial score (nSPS) is 18.4. The molecule has 14 nitrogen and oxygen atoms in total. The molecule has 208 valence electrons. The first-order valence-corrected chi connectivity index (χ1v) is 14.7. The van der Waals surface area contributed by atoms with E-state index >= 15 is 0 Å². The molecule has 0 spiro atoms. The van der Waals surface area contributed by atoms with Gasteiger partial charge in [0.25, 0.3) is 11.8 Å². The molecular formula is C22H17N6NaO8S4. The maximum absolute atomic E-state index is 13.0. The minimum Gasteiger partial charge on any atom is -0.543 e. The Balaban J connectivity index is 0.00000387. The number of fused-ring (bicyclic) bond motifs is 2. The summed E-state index contributed by atoms with van der Waals surface area (Å²) >= 11 is 4.47. The second-order valence-corrected chi connectivity index (χ2v) is 12.5. The second-order valence-electron chi connectivity index (χ2n) is 8.23. The molecule has 5 rings (SSSR count). The van der Waals surface area contributed by atoms with Crippen LogP contribution in [0.1, 0.15) is 5.82 Å². The first kappa shape index (κ1) is 31.1. The molecule has 2 atom stereocenters. The molecule has 1 fully saturated rings. The molecule has 3 aromatic rings. The van der Waals surface area contributed by atoms with Crippen LogP contribution < -0.4 is 51.1 Å². The van der Waals surface area contributed by atoms with E-state index in [1.165, 1.54) is 60.2 Å². The third-order valence-corrected chi connectivity index (χ3v) is 10.0. The van der Waals surface area contributed by atoms with E-state index in [0.717, 1.165) is 16.4 Å². The molecule has 2 aromatic heterocycles. The first-order chi connectivity index (χ1) is 19.1. The number of hydrogen-bond donors (Lipinski definition) is 4. The monoisotopic (exact) mass is 644 g/mol. The summed E-state index contributed by atoms with van der Waals surface area (Å²) in [5.74, 6) is -3.50. The summed E-state index contributed by atoms with van der Waals surface area (Å²) < 4.78 is 4.91. The Bertz CT molecular complexity index is 1690. The molecule has 2 aliphatic rings. The number of rotatable bonds is 8. The van der Waals surface area contributed by atoms with Gasteiger partial charge in [-0.1, -0.05) is 5.16 Å². The van der Waals surface area contributed by atoms with Crippen LogP contribution in [0.4, 0.5) is 5.13 Å². The summed E-state index contributed by atoms with van der Waals surface area (Å²) in [4.78, 5) is 60.1. The fourth-order valence-electron chi connectivity index (χ4n) is 3.99. The smallest absolute Gasteiger partial charge is 0.543 e. The number of β-lactam (4-membered cyclic amide) rings is 1. The van der Waals surface area contributed by atoms with Crippen molar-refractivity contribution in [2.75, 3.05) is 24.3 Å². The number of aromatic nitrogens is 2. The Morgan fingerprint density at radius 2 is 2.02 bits per heavy atom. The van der Waals surface area contributed by atoms with Crippen LogP contribution >= 0.6 is 46.4 Å². The number of nitrogens with two attached hydrogens (primary N) is 1. The number of nitrogens with zero attached hydrogens (tertiary/aromatic N) is 4. The van der Waals surface area contributed by atoms with Crippen molar-refractivity contribution in [3.05, 3.63) is 45.5 Å². The number of amides is 2. The average molecular weight is 645 g/mol. The number of carbonyl (C=O) groups excluding carboxylic acids is 3. The molecule has 0 radical (unpaired) electrons. The maximum Gasteiger partial charge on any atom is 1.00 e. The van der Waals surface area contributed by atoms with E-state index in [0.29, 0.717) is 14.5 Å². The van der Waals surface area contributed by atoms with Crippen LogP contribution in [-0.2, 0) is 19.2 Å². The number of carbonyl (C=O) groups is 3. The van der Waals surface area contributed by atoms with Gasteiger partial charge in [-0.25, -0.2) is 0 Å². The van der Waals surface area contributed by atoms with Crippen molar-refractivity contribution in [3.8, 4) is 11.5 Å². The summed E-state index contributed by atoms with van der Waals surface area (Å²) in [6.45, 7) is 0. The number of oxime groups is 1. The molecule has 1 aromatic carbocycles. The topological polar surface area (TPSA) is 220 Å². The number of phenolic OH excluding ortho intramolecular Hbond substituents is 2. The van der Waals surface area contributed by atoms with Crippen molar-refractivity contribution >= 4 is 85.1 Å². The molecule has 19 heteroatoms. The van der Waals surface area contributed by atoms with E-state index in [-0.39, 0.29) is 80.0 Å². The number of anilines is 1. The largest absolute Gasteiger partial charge is 1.00 e. The second kappa shape index (κ2) is 12.6. The fourth-order valence-corrected chi connectivity index (χ4v) is 8.15. The Morgan fingerprint density at radius 1 is 1.29 bits per heavy atom. The van der Waals surface area contributed by atoms with Gasteiger partial charge >= 0.3 is 29.6 Å². The summed E-state index contributed by atoms with van der Waals surface area (Å²) in [5, 5.41) is 37.3. The molecule has 5 N–H and O–H groups in total. The van der Waals surface area contributed by atoms with Crippen LogP contribution in [0.5, 0.6) is 11.5 Å². The van der Waals surface area contributed by atoms with Crippen molar-refractivity contribution < 1.29 is 64.1 Å². The van der Waals surface area contributed by atoms with Gasteiger partial charge in [0.2, 0.25) is 11.5 Å². The van der Waals surface area contributed by atoms with Gasteiger partial charge in [0.15, 0.2) is 22.1 Å². The quantitative estimate of drug-likeness (QED) is 0.0471. The molecule has 0 saturated carbocycles. The Morgan fingerprint density at radius 3 is 2.68 bits per heavy atom. The van der Waals surface area contributed by atoms with Gasteiger partial charge < -0.3 is 36.0 Å². The fraction of sp³-hybridized carbons (Fsp3) is 0.227. The van der Waals surface area contributed by atoms with Crippen LogP contribution in [0.15, 0.2) is 43.6 Å². The Hall–Kier alpha value is -2.87. The molecule has 1 saturated heterocycles. The molecule has 2 amide bonds. The molecule has 41 heavy (non-hydrogen) atoms. The maximum atomic E-state index is 13.0. The Kier molecular flexibility index (Phi) is 9.52. The van der Waals surface area contributed by atoms with Gasteiger partial charge in [0, 0.05) is 45.3 Å². The number of thioether (sulfide) groups is 2. The number of carboxylic acid groups (broad SMARTS) is 1. The zero-order valence-electron chi connectivity index (χ0n) is 21.1. The van der Waals surface area contributed by atoms with E-state index in [9.17, 15) is 34.5 Å². The van der Waals surface area contributed by atoms with Gasteiger partial charge in [0.1, 0.15) is 18.5 Å². The average Bonchev–Trinajstić information content (AvgIpc) is 3.35. The van der Waals surface area contributed by atoms with Gasteiger partial charge in [-0.3, -0.25) is 19.3 Å². The predicted octanol–water partition coefficient (Wildman–Crippen LogP) is -3.34. The summed E-state index contributed by atoms with van der Waals surface area (Å²) in [6, 6.07) is 2.78. The summed E-state index contributed by atoms with van der Waals surface area (Å²) in [5.41, 5.74) is 5.02. The minimum absolute atomic E-state index is 0. The van der Waals surface area contributed by atoms with Gasteiger partial charge in [-0.2, -0.15) is 9.36 Å². The summed E-state index contributed by atoms with van der Waals surface area (Å²) in [6.07, 6.45) is 0. The number of nitrogens with one attached hydrogen (secondary N) is 1. The molecule has 4 heterocycles. The minimum atomic E-state index is -1.55. The van der Waals surface area contributed by atoms with E-state index in [4.69, 9.17) is 10.6 Å². The number of benzene rings is 1. The van der Waals surface area contributed by atoms with Gasteiger partial charge in [-0.15, -0.1) is 34.9 Å². The third kappa shape index (κ3) is 6.04. The van der Waals surface area contributed by atoms with E-state index in [1.807, 2.05) is 0 Å². The number of phenols is 2. The molecule has 2 aliphatic heterocycles. The molecule has 0 aliphatic carbocycles. The van der Waals surface area contributed by atoms with Crippen LogP contribution in [0.3, 0.4) is 0 Å². The van der Waals surface area contributed by atoms with Crippen LogP contribution in [0, 0.1) is 0 Å². The van der Waals surface area contributed by atoms with E-state index < -0.39 is 34.9 Å². The zero-order valence-corrected chi connectivity index (χ0v) is 26.4. The number of aromatic hydroxyl groups is 2. The number of hydrogen-bond acceptors (Lipinski definition) is 16. The Labute approximate surface area is 269 Å². The van der Waals surface area contributed by atoms with Gasteiger partial charge in [0.05, 0.1) is 15.9 Å². The molecular weight excluding hydrogens is 628 g/mol. The van der Waals surface area contributed by atoms with Crippen LogP contribution in [-0.4, -0.2) is 78.0 Å². The zero-order chi connectivity index (χ0) is 28.7. The van der Waals surface area contributed by atoms with Crippen molar-refractivity contribution in [3.63, 3.8) is 0 Å². The number of nitrogen functional groups attached to an aromatic ring is 1.